The van der Waals surface area contributed by atoms with Crippen LogP contribution in [0.1, 0.15) is 33.4 Å². The fourth-order valence-corrected chi connectivity index (χ4v) is 2.75. The third kappa shape index (κ3) is 3.07. The van der Waals surface area contributed by atoms with E-state index in [1.165, 1.54) is 6.07 Å². The number of hydrogen-bond donors (Lipinski definition) is 1. The molecule has 1 N–H and O–H groups in total. The summed E-state index contributed by atoms with van der Waals surface area (Å²) >= 11 is 3.11. The molecule has 0 aliphatic carbocycles. The van der Waals surface area contributed by atoms with Gasteiger partial charge in [-0.15, -0.1) is 0 Å². The summed E-state index contributed by atoms with van der Waals surface area (Å²) in [5, 5.41) is 0.839. The molecule has 0 spiro atoms. The molecule has 23 heavy (non-hydrogen) atoms. The van der Waals surface area contributed by atoms with Crippen molar-refractivity contribution in [2.45, 2.75) is 13.3 Å². The van der Waals surface area contributed by atoms with E-state index >= 15 is 0 Å². The molecule has 0 unspecified atom stereocenters. The van der Waals surface area contributed by atoms with Crippen LogP contribution in [0.25, 0.3) is 10.9 Å². The molecule has 5 nitrogen and oxygen atoms in total. The zero-order valence-corrected chi connectivity index (χ0v) is 14.0. The Morgan fingerprint density at radius 1 is 1.26 bits per heavy atom. The third-order valence-corrected chi connectivity index (χ3v) is 4.02. The summed E-state index contributed by atoms with van der Waals surface area (Å²) in [6.45, 7) is 1.72. The van der Waals surface area contributed by atoms with Crippen LogP contribution in [0.15, 0.2) is 45.6 Å². The van der Waals surface area contributed by atoms with Crippen LogP contribution in [0.2, 0.25) is 0 Å². The molecule has 6 heteroatoms. The van der Waals surface area contributed by atoms with Gasteiger partial charge >= 0.3 is 5.97 Å². The van der Waals surface area contributed by atoms with Crippen molar-refractivity contribution in [1.82, 2.24) is 4.98 Å². The van der Waals surface area contributed by atoms with Crippen molar-refractivity contribution >= 4 is 38.6 Å². The number of esters is 1. The van der Waals surface area contributed by atoms with Crippen LogP contribution < -0.4 is 0 Å². The van der Waals surface area contributed by atoms with E-state index in [9.17, 15) is 9.59 Å². The van der Waals surface area contributed by atoms with Crippen LogP contribution in [-0.2, 0) is 11.2 Å². The van der Waals surface area contributed by atoms with Gasteiger partial charge in [-0.05, 0) is 40.0 Å². The van der Waals surface area contributed by atoms with E-state index in [0.29, 0.717) is 10.2 Å². The summed E-state index contributed by atoms with van der Waals surface area (Å²) in [6.07, 6.45) is 2.53. The summed E-state index contributed by atoms with van der Waals surface area (Å²) in [6, 6.07) is 8.88. The largest absolute Gasteiger partial charge is 0.451 e. The van der Waals surface area contributed by atoms with E-state index in [-0.39, 0.29) is 18.2 Å². The molecular formula is C17H14BrNO4. The van der Waals surface area contributed by atoms with E-state index < -0.39 is 5.97 Å². The van der Waals surface area contributed by atoms with Crippen molar-refractivity contribution in [2.75, 3.05) is 6.61 Å². The number of carbonyl (C=O) groups is 2. The van der Waals surface area contributed by atoms with Crippen LogP contribution in [0.5, 0.6) is 0 Å². The van der Waals surface area contributed by atoms with Gasteiger partial charge in [-0.3, -0.25) is 4.79 Å². The Morgan fingerprint density at radius 3 is 2.78 bits per heavy atom. The van der Waals surface area contributed by atoms with Gasteiger partial charge in [-0.2, -0.15) is 0 Å². The highest BCUT2D eigenvalue weighted by Crippen LogP contribution is 2.23. The minimum Gasteiger partial charge on any atom is -0.451 e. The van der Waals surface area contributed by atoms with E-state index in [0.717, 1.165) is 22.9 Å². The number of ketones is 1. The van der Waals surface area contributed by atoms with E-state index in [1.54, 1.807) is 12.3 Å². The topological polar surface area (TPSA) is 72.3 Å². The molecule has 2 aromatic heterocycles. The molecule has 0 aliphatic rings. The standard InChI is InChI=1S/C17H14BrNO4/c1-2-10-4-3-5-11-12(8-19-16(10)11)13(20)9-22-17(21)14-6-7-15(18)23-14/h3-8,19H,2,9H2,1H3. The summed E-state index contributed by atoms with van der Waals surface area (Å²) in [7, 11) is 0. The first kappa shape index (κ1) is 15.6. The molecule has 0 radical (unpaired) electrons. The summed E-state index contributed by atoms with van der Waals surface area (Å²) in [4.78, 5) is 27.2. The number of ether oxygens (including phenoxy) is 1. The zero-order valence-electron chi connectivity index (χ0n) is 12.4. The summed E-state index contributed by atoms with van der Waals surface area (Å²) < 4.78 is 10.5. The minimum absolute atomic E-state index is 0.0527. The van der Waals surface area contributed by atoms with Crippen LogP contribution >= 0.6 is 15.9 Å². The van der Waals surface area contributed by atoms with Crippen molar-refractivity contribution < 1.29 is 18.7 Å². The second kappa shape index (κ2) is 6.42. The van der Waals surface area contributed by atoms with Gasteiger partial charge in [-0.1, -0.05) is 25.1 Å². The van der Waals surface area contributed by atoms with Gasteiger partial charge in [0, 0.05) is 22.7 Å². The Labute approximate surface area is 140 Å². The van der Waals surface area contributed by atoms with Gasteiger partial charge in [0.25, 0.3) is 0 Å². The number of Topliss-reactive ketones (excluding diaryl/α,β-unsaturated/α-hetero) is 1. The van der Waals surface area contributed by atoms with E-state index in [2.05, 4.69) is 27.8 Å². The van der Waals surface area contributed by atoms with Crippen molar-refractivity contribution in [3.63, 3.8) is 0 Å². The van der Waals surface area contributed by atoms with Gasteiger partial charge in [0.1, 0.15) is 0 Å². The second-order valence-corrected chi connectivity index (χ2v) is 5.78. The lowest BCUT2D eigenvalue weighted by atomic mass is 10.1. The molecular weight excluding hydrogens is 362 g/mol. The Kier molecular flexibility index (Phi) is 4.34. The number of nitrogens with one attached hydrogen (secondary N) is 1. The monoisotopic (exact) mass is 375 g/mol. The molecule has 3 aromatic rings. The van der Waals surface area contributed by atoms with Crippen LogP contribution in [0.4, 0.5) is 0 Å². The summed E-state index contributed by atoms with van der Waals surface area (Å²) in [5.74, 6) is -0.876. The quantitative estimate of drug-likeness (QED) is 0.537. The number of aromatic amines is 1. The fraction of sp³-hybridized carbons (Fsp3) is 0.176. The number of aryl methyl sites for hydroxylation is 1. The van der Waals surface area contributed by atoms with Crippen LogP contribution in [-0.4, -0.2) is 23.3 Å². The van der Waals surface area contributed by atoms with E-state index in [1.807, 2.05) is 18.2 Å². The first-order valence-electron chi connectivity index (χ1n) is 7.14. The maximum absolute atomic E-state index is 12.3. The lowest BCUT2D eigenvalue weighted by molar-refractivity contribution is 0.0443. The van der Waals surface area contributed by atoms with Gasteiger partial charge in [0.15, 0.2) is 11.3 Å². The number of carbonyl (C=O) groups excluding carboxylic acids is 2. The molecule has 118 valence electrons. The molecule has 2 heterocycles. The highest BCUT2D eigenvalue weighted by Gasteiger charge is 2.17. The fourth-order valence-electron chi connectivity index (χ4n) is 2.45. The lowest BCUT2D eigenvalue weighted by Crippen LogP contribution is -2.13. The number of rotatable bonds is 5. The number of hydrogen-bond acceptors (Lipinski definition) is 4. The lowest BCUT2D eigenvalue weighted by Gasteiger charge is -2.03. The predicted molar refractivity (Wildman–Crippen MR) is 88.7 cm³/mol. The molecule has 0 amide bonds. The molecule has 0 bridgehead atoms. The number of benzene rings is 1. The SMILES string of the molecule is CCc1cccc2c(C(=O)COC(=O)c3ccc(Br)o3)c[nH]c12. The van der Waals surface area contributed by atoms with Crippen molar-refractivity contribution in [1.29, 1.82) is 0 Å². The van der Waals surface area contributed by atoms with Gasteiger partial charge in [-0.25, -0.2) is 4.79 Å². The third-order valence-electron chi connectivity index (χ3n) is 3.59. The number of aromatic nitrogens is 1. The average molecular weight is 376 g/mol. The Morgan fingerprint density at radius 2 is 2.09 bits per heavy atom. The molecule has 1 aromatic carbocycles. The van der Waals surface area contributed by atoms with Gasteiger partial charge in [0.2, 0.25) is 11.5 Å². The Balaban J connectivity index is 1.75. The van der Waals surface area contributed by atoms with Crippen molar-refractivity contribution in [3.8, 4) is 0 Å². The summed E-state index contributed by atoms with van der Waals surface area (Å²) in [5.41, 5.74) is 2.60. The molecule has 0 atom stereocenters. The van der Waals surface area contributed by atoms with Crippen molar-refractivity contribution in [2.24, 2.45) is 0 Å². The first-order chi connectivity index (χ1) is 11.1. The predicted octanol–water partition coefficient (Wildman–Crippen LogP) is 4.13. The highest BCUT2D eigenvalue weighted by atomic mass is 79.9. The smallest absolute Gasteiger partial charge is 0.374 e. The Bertz CT molecular complexity index is 878. The molecule has 0 saturated carbocycles. The molecule has 0 saturated heterocycles. The van der Waals surface area contributed by atoms with Crippen molar-refractivity contribution in [3.05, 3.63) is 58.1 Å². The number of halogens is 1. The van der Waals surface area contributed by atoms with Crippen LogP contribution in [0.3, 0.4) is 0 Å². The number of H-pyrrole nitrogens is 1. The van der Waals surface area contributed by atoms with Gasteiger partial charge in [0.05, 0.1) is 0 Å². The average Bonchev–Trinajstić information content (AvgIpc) is 3.18. The molecule has 0 fully saturated rings. The normalized spacial score (nSPS) is 10.9. The second-order valence-electron chi connectivity index (χ2n) is 5.00. The van der Waals surface area contributed by atoms with E-state index in [4.69, 9.17) is 9.15 Å². The number of para-hydroxylation sites is 1. The number of fused-ring (bicyclic) bond motifs is 1. The maximum Gasteiger partial charge on any atom is 0.374 e. The number of furan rings is 1. The molecule has 0 aliphatic heterocycles. The molecule has 3 rings (SSSR count). The van der Waals surface area contributed by atoms with Gasteiger partial charge < -0.3 is 14.1 Å². The zero-order chi connectivity index (χ0) is 16.4. The highest BCUT2D eigenvalue weighted by molar-refractivity contribution is 9.10. The van der Waals surface area contributed by atoms with Crippen LogP contribution in [0, 0.1) is 0 Å². The Hall–Kier alpha value is -2.34. The first-order valence-corrected chi connectivity index (χ1v) is 7.94. The maximum atomic E-state index is 12.3. The minimum atomic E-state index is -0.668.